The van der Waals surface area contributed by atoms with Crippen molar-refractivity contribution in [2.24, 2.45) is 0 Å². The summed E-state index contributed by atoms with van der Waals surface area (Å²) >= 11 is 1.04. The van der Waals surface area contributed by atoms with Crippen LogP contribution in [0.3, 0.4) is 0 Å². The maximum atomic E-state index is 12.2. The molecule has 0 aromatic rings. The van der Waals surface area contributed by atoms with Crippen LogP contribution in [0.4, 0.5) is 4.79 Å². The average Bonchev–Trinajstić information content (AvgIpc) is 2.42. The van der Waals surface area contributed by atoms with Gasteiger partial charge in [-0.05, 0) is 0 Å². The molecule has 0 aliphatic carbocycles. The summed E-state index contributed by atoms with van der Waals surface area (Å²) in [6, 6.07) is 0.225. The van der Waals surface area contributed by atoms with Gasteiger partial charge in [0, 0.05) is 0 Å². The van der Waals surface area contributed by atoms with Crippen molar-refractivity contribution in [2.45, 2.75) is 75.3 Å². The maximum absolute atomic E-state index is 12.2. The summed E-state index contributed by atoms with van der Waals surface area (Å²) in [6.07, 6.45) is 7.45. The van der Waals surface area contributed by atoms with E-state index in [0.29, 0.717) is 45.5 Å². The van der Waals surface area contributed by atoms with E-state index >= 15 is 0 Å². The Hall–Kier alpha value is 0.828. The van der Waals surface area contributed by atoms with E-state index in [1.165, 1.54) is 54.5 Å². The van der Waals surface area contributed by atoms with Gasteiger partial charge < -0.3 is 0 Å². The number of nitrogens with zero attached hydrogens (tertiary/aromatic N) is 1. The molecule has 0 fully saturated rings. The molecular weight excluding hydrogens is 437 g/mol. The van der Waals surface area contributed by atoms with Gasteiger partial charge in [-0.1, -0.05) is 0 Å². The Kier molecular flexibility index (Phi) is 15.9. The third-order valence-corrected chi connectivity index (χ3v) is 10.00. The SMILES string of the molecule is CCCC[Se]NC(=O)N([Se]CCCC)[Se]CCCC. The zero-order valence-corrected chi connectivity index (χ0v) is 17.6. The third kappa shape index (κ3) is 12.3. The van der Waals surface area contributed by atoms with Crippen molar-refractivity contribution in [1.82, 2.24) is 7.27 Å². The molecular formula is C13H28N2OSe3. The van der Waals surface area contributed by atoms with Crippen LogP contribution in [0.25, 0.3) is 0 Å². The van der Waals surface area contributed by atoms with E-state index in [1.807, 2.05) is 0 Å². The number of hydrogen-bond donors (Lipinski definition) is 1. The molecule has 2 amide bonds. The summed E-state index contributed by atoms with van der Waals surface area (Å²) in [6.45, 7) is 6.64. The minimum atomic E-state index is 0.225. The number of carbonyl (C=O) groups is 1. The predicted molar refractivity (Wildman–Crippen MR) is 86.8 cm³/mol. The molecule has 0 aromatic carbocycles. The fraction of sp³-hybridized carbons (Fsp3) is 0.923. The zero-order valence-electron chi connectivity index (χ0n) is 12.4. The van der Waals surface area contributed by atoms with Crippen LogP contribution in [0.1, 0.15) is 59.3 Å². The van der Waals surface area contributed by atoms with Crippen LogP contribution in [0.2, 0.25) is 16.0 Å². The summed E-state index contributed by atoms with van der Waals surface area (Å²) in [5.74, 6) is 0. The van der Waals surface area contributed by atoms with Crippen molar-refractivity contribution >= 4 is 51.6 Å². The number of nitrogens with one attached hydrogen (secondary N) is 1. The van der Waals surface area contributed by atoms with E-state index in [4.69, 9.17) is 0 Å². The van der Waals surface area contributed by atoms with E-state index < -0.39 is 0 Å². The van der Waals surface area contributed by atoms with Gasteiger partial charge in [0.25, 0.3) is 0 Å². The molecule has 0 aromatic heterocycles. The van der Waals surface area contributed by atoms with E-state index in [9.17, 15) is 4.79 Å². The first-order valence-corrected chi connectivity index (χ1v) is 13.3. The van der Waals surface area contributed by atoms with Gasteiger partial charge in [0.15, 0.2) is 0 Å². The van der Waals surface area contributed by atoms with Crippen LogP contribution in [0, 0.1) is 0 Å². The fourth-order valence-corrected chi connectivity index (χ4v) is 8.99. The molecule has 19 heavy (non-hydrogen) atoms. The second-order valence-electron chi connectivity index (χ2n) is 4.24. The normalized spacial score (nSPS) is 10.5. The molecule has 0 spiro atoms. The Bertz CT molecular complexity index is 208. The Labute approximate surface area is 138 Å². The Morgan fingerprint density at radius 3 is 1.84 bits per heavy atom. The molecule has 1 N–H and O–H groups in total. The van der Waals surface area contributed by atoms with Gasteiger partial charge in [-0.15, -0.1) is 0 Å². The number of urea groups is 1. The first-order chi connectivity index (χ1) is 9.26. The number of unbranched alkanes of at least 4 members (excludes halogenated alkanes) is 3. The van der Waals surface area contributed by atoms with E-state index in [1.54, 1.807) is 0 Å². The second kappa shape index (κ2) is 15.2. The number of carbonyl (C=O) groups excluding carboxylic acids is 1. The van der Waals surface area contributed by atoms with Crippen molar-refractivity contribution in [3.8, 4) is 0 Å². The van der Waals surface area contributed by atoms with Crippen LogP contribution in [-0.4, -0.2) is 54.5 Å². The molecule has 0 bridgehead atoms. The van der Waals surface area contributed by atoms with Gasteiger partial charge in [0.2, 0.25) is 0 Å². The van der Waals surface area contributed by atoms with Gasteiger partial charge in [-0.3, -0.25) is 0 Å². The van der Waals surface area contributed by atoms with Crippen molar-refractivity contribution in [3.05, 3.63) is 0 Å². The van der Waals surface area contributed by atoms with E-state index in [-0.39, 0.29) is 6.03 Å². The van der Waals surface area contributed by atoms with Gasteiger partial charge in [-0.25, -0.2) is 0 Å². The van der Waals surface area contributed by atoms with Crippen LogP contribution < -0.4 is 4.33 Å². The van der Waals surface area contributed by atoms with Crippen molar-refractivity contribution in [2.75, 3.05) is 0 Å². The Balaban J connectivity index is 3.94. The topological polar surface area (TPSA) is 32.3 Å². The van der Waals surface area contributed by atoms with Crippen LogP contribution in [0.5, 0.6) is 0 Å². The standard InChI is InChI=1S/C13H28N2OSe3/c1-4-7-10-17-14-13(16)15(18-11-8-5-2)19-12-9-6-3/h4-12H2,1-3H3,(H,14,16). The first kappa shape index (κ1) is 19.8. The van der Waals surface area contributed by atoms with Crippen molar-refractivity contribution in [1.29, 1.82) is 0 Å². The van der Waals surface area contributed by atoms with Crippen LogP contribution in [0.15, 0.2) is 0 Å². The summed E-state index contributed by atoms with van der Waals surface area (Å²) in [5.41, 5.74) is 0. The summed E-state index contributed by atoms with van der Waals surface area (Å²) in [7, 11) is 0. The first-order valence-electron chi connectivity index (χ1n) is 7.23. The van der Waals surface area contributed by atoms with Crippen molar-refractivity contribution < 1.29 is 4.79 Å². The Morgan fingerprint density at radius 1 is 0.895 bits per heavy atom. The second-order valence-corrected chi connectivity index (χ2v) is 11.6. The van der Waals surface area contributed by atoms with Gasteiger partial charge in [0.1, 0.15) is 0 Å². The molecule has 6 heteroatoms. The van der Waals surface area contributed by atoms with Gasteiger partial charge in [0.05, 0.1) is 0 Å². The van der Waals surface area contributed by atoms with Crippen molar-refractivity contribution in [3.63, 3.8) is 0 Å². The van der Waals surface area contributed by atoms with Gasteiger partial charge in [-0.2, -0.15) is 0 Å². The van der Waals surface area contributed by atoms with Crippen LogP contribution >= 0.6 is 0 Å². The summed E-state index contributed by atoms with van der Waals surface area (Å²) < 4.78 is 5.30. The molecule has 0 aliphatic heterocycles. The molecule has 0 aliphatic rings. The zero-order chi connectivity index (χ0) is 14.3. The van der Waals surface area contributed by atoms with Crippen LogP contribution in [-0.2, 0) is 0 Å². The third-order valence-electron chi connectivity index (χ3n) is 2.34. The minimum absolute atomic E-state index is 0.225. The fourth-order valence-electron chi connectivity index (χ4n) is 1.10. The summed E-state index contributed by atoms with van der Waals surface area (Å²) in [5, 5.41) is 3.60. The molecule has 0 rings (SSSR count). The molecule has 0 atom stereocenters. The molecule has 0 heterocycles. The summed E-state index contributed by atoms with van der Waals surface area (Å²) in [4.78, 5) is 12.2. The number of amides is 2. The quantitative estimate of drug-likeness (QED) is 0.348. The number of rotatable bonds is 12. The van der Waals surface area contributed by atoms with E-state index in [2.05, 4.69) is 28.0 Å². The Morgan fingerprint density at radius 2 is 1.37 bits per heavy atom. The molecule has 3 nitrogen and oxygen atoms in total. The van der Waals surface area contributed by atoms with E-state index in [0.717, 1.165) is 0 Å². The molecule has 114 valence electrons. The molecule has 0 saturated carbocycles. The molecule has 0 unspecified atom stereocenters. The average molecular weight is 465 g/mol. The molecule has 0 radical (unpaired) electrons. The monoisotopic (exact) mass is 468 g/mol. The van der Waals surface area contributed by atoms with Gasteiger partial charge >= 0.3 is 139 Å². The molecule has 0 saturated heterocycles. The number of hydrogen-bond acceptors (Lipinski definition) is 1. The predicted octanol–water partition coefficient (Wildman–Crippen LogP) is 3.51.